The van der Waals surface area contributed by atoms with Crippen LogP contribution in [0, 0.1) is 17.8 Å². The van der Waals surface area contributed by atoms with Crippen LogP contribution in [-0.4, -0.2) is 73.4 Å². The summed E-state index contributed by atoms with van der Waals surface area (Å²) in [4.78, 5) is 25.5. The first kappa shape index (κ1) is 15.8. The molecule has 3 fully saturated rings. The van der Waals surface area contributed by atoms with E-state index in [9.17, 15) is 4.79 Å². The highest BCUT2D eigenvalue weighted by atomic mass is 16.5. The van der Waals surface area contributed by atoms with Crippen molar-refractivity contribution in [1.82, 2.24) is 14.9 Å². The number of fused-ring (bicyclic) bond motifs is 1. The zero-order valence-corrected chi connectivity index (χ0v) is 13.8. The molecule has 0 radical (unpaired) electrons. The molecule has 0 saturated carbocycles. The van der Waals surface area contributed by atoms with Crippen molar-refractivity contribution < 1.29 is 14.3 Å². The number of aromatic nitrogens is 2. The molecule has 3 aliphatic heterocycles. The Morgan fingerprint density at radius 2 is 1.92 bits per heavy atom. The number of hydrogen-bond acceptors (Lipinski definition) is 6. The van der Waals surface area contributed by atoms with Crippen molar-refractivity contribution in [2.24, 2.45) is 17.8 Å². The van der Waals surface area contributed by atoms with Crippen molar-refractivity contribution >= 4 is 11.9 Å². The predicted molar refractivity (Wildman–Crippen MR) is 87.6 cm³/mol. The molecule has 0 aromatic carbocycles. The maximum Gasteiger partial charge on any atom is 0.225 e. The van der Waals surface area contributed by atoms with Crippen molar-refractivity contribution in [3.63, 3.8) is 0 Å². The molecule has 0 aliphatic carbocycles. The summed E-state index contributed by atoms with van der Waals surface area (Å²) in [5.74, 6) is 2.25. The van der Waals surface area contributed by atoms with Crippen LogP contribution in [0.3, 0.4) is 0 Å². The van der Waals surface area contributed by atoms with Crippen molar-refractivity contribution in [3.8, 4) is 0 Å². The number of carbonyl (C=O) groups excluding carboxylic acids is 1. The molecule has 1 aromatic rings. The summed E-state index contributed by atoms with van der Waals surface area (Å²) in [5, 5.41) is 0. The summed E-state index contributed by atoms with van der Waals surface area (Å²) in [5.41, 5.74) is 0. The van der Waals surface area contributed by atoms with E-state index in [1.54, 1.807) is 12.4 Å². The van der Waals surface area contributed by atoms with E-state index in [1.165, 1.54) is 0 Å². The second-order valence-electron chi connectivity index (χ2n) is 6.87. The first-order chi connectivity index (χ1) is 11.8. The first-order valence-corrected chi connectivity index (χ1v) is 8.76. The van der Waals surface area contributed by atoms with E-state index >= 15 is 0 Å². The van der Waals surface area contributed by atoms with Gasteiger partial charge in [-0.15, -0.1) is 0 Å². The molecule has 3 atom stereocenters. The van der Waals surface area contributed by atoms with Crippen LogP contribution in [0.1, 0.15) is 6.42 Å². The Kier molecular flexibility index (Phi) is 4.62. The van der Waals surface area contributed by atoms with Crippen molar-refractivity contribution in [2.45, 2.75) is 6.42 Å². The van der Waals surface area contributed by atoms with Gasteiger partial charge in [0.1, 0.15) is 0 Å². The Balaban J connectivity index is 1.40. The normalized spacial score (nSPS) is 30.2. The van der Waals surface area contributed by atoms with Crippen molar-refractivity contribution in [1.29, 1.82) is 0 Å². The molecule has 4 heterocycles. The molecule has 7 nitrogen and oxygen atoms in total. The molecule has 3 aliphatic rings. The van der Waals surface area contributed by atoms with Gasteiger partial charge in [-0.25, -0.2) is 9.97 Å². The summed E-state index contributed by atoms with van der Waals surface area (Å²) < 4.78 is 11.1. The number of morpholine rings is 1. The molecule has 3 saturated heterocycles. The van der Waals surface area contributed by atoms with Crippen LogP contribution in [0.2, 0.25) is 0 Å². The van der Waals surface area contributed by atoms with E-state index in [0.29, 0.717) is 51.2 Å². The SMILES string of the molecule is O=C(C[C@@H]1COC[C@H]2CN(c3ncccn3)C[C@@H]12)N1CCOCC1. The maximum atomic E-state index is 12.6. The molecule has 7 heteroatoms. The molecular formula is C17H24N4O3. The van der Waals surface area contributed by atoms with Gasteiger partial charge in [0.25, 0.3) is 0 Å². The summed E-state index contributed by atoms with van der Waals surface area (Å²) in [6.45, 7) is 6.01. The lowest BCUT2D eigenvalue weighted by molar-refractivity contribution is -0.138. The third-order valence-corrected chi connectivity index (χ3v) is 5.40. The van der Waals surface area contributed by atoms with Crippen LogP contribution in [-0.2, 0) is 14.3 Å². The first-order valence-electron chi connectivity index (χ1n) is 8.76. The van der Waals surface area contributed by atoms with E-state index in [4.69, 9.17) is 9.47 Å². The number of ether oxygens (including phenoxy) is 2. The lowest BCUT2D eigenvalue weighted by atomic mass is 9.81. The minimum absolute atomic E-state index is 0.238. The van der Waals surface area contributed by atoms with Gasteiger partial charge in [-0.05, 0) is 17.9 Å². The molecule has 0 spiro atoms. The Hall–Kier alpha value is -1.73. The molecule has 130 valence electrons. The smallest absolute Gasteiger partial charge is 0.225 e. The number of anilines is 1. The minimum Gasteiger partial charge on any atom is -0.381 e. The van der Waals surface area contributed by atoms with Crippen LogP contribution in [0.25, 0.3) is 0 Å². The average molecular weight is 332 g/mol. The fourth-order valence-corrected chi connectivity index (χ4v) is 4.10. The molecule has 1 amide bonds. The summed E-state index contributed by atoms with van der Waals surface area (Å²) in [6.07, 6.45) is 4.13. The van der Waals surface area contributed by atoms with E-state index in [1.807, 2.05) is 11.0 Å². The maximum absolute atomic E-state index is 12.6. The molecular weight excluding hydrogens is 308 g/mol. The van der Waals surface area contributed by atoms with Crippen LogP contribution in [0.4, 0.5) is 5.95 Å². The average Bonchev–Trinajstić information content (AvgIpc) is 3.08. The Labute approximate surface area is 142 Å². The number of hydrogen-bond donors (Lipinski definition) is 0. The number of nitrogens with zero attached hydrogens (tertiary/aromatic N) is 4. The van der Waals surface area contributed by atoms with E-state index in [0.717, 1.165) is 25.6 Å². The van der Waals surface area contributed by atoms with Crippen LogP contribution in [0.5, 0.6) is 0 Å². The summed E-state index contributed by atoms with van der Waals surface area (Å²) in [7, 11) is 0. The lowest BCUT2D eigenvalue weighted by Crippen LogP contribution is -2.44. The van der Waals surface area contributed by atoms with Gasteiger partial charge in [0.05, 0.1) is 26.4 Å². The monoisotopic (exact) mass is 332 g/mol. The number of amides is 1. The lowest BCUT2D eigenvalue weighted by Gasteiger charge is -2.34. The third kappa shape index (κ3) is 3.23. The van der Waals surface area contributed by atoms with Crippen molar-refractivity contribution in [3.05, 3.63) is 18.5 Å². The zero-order valence-electron chi connectivity index (χ0n) is 13.8. The second-order valence-corrected chi connectivity index (χ2v) is 6.87. The highest BCUT2D eigenvalue weighted by molar-refractivity contribution is 5.76. The van der Waals surface area contributed by atoms with Crippen LogP contribution in [0.15, 0.2) is 18.5 Å². The Morgan fingerprint density at radius 3 is 2.71 bits per heavy atom. The van der Waals surface area contributed by atoms with Crippen LogP contribution < -0.4 is 4.90 Å². The minimum atomic E-state index is 0.238. The fourth-order valence-electron chi connectivity index (χ4n) is 4.10. The van der Waals surface area contributed by atoms with Gasteiger partial charge in [-0.2, -0.15) is 0 Å². The standard InChI is InChI=1S/C17H24N4O3/c22-16(20-4-6-23-7-5-20)8-13-11-24-12-14-9-21(10-15(13)14)17-18-2-1-3-19-17/h1-3,13-15H,4-12H2/t13-,14-,15+/m1/s1. The topological polar surface area (TPSA) is 67.8 Å². The number of carbonyl (C=O) groups is 1. The molecule has 1 aromatic heterocycles. The molecule has 24 heavy (non-hydrogen) atoms. The summed E-state index contributed by atoms with van der Waals surface area (Å²) in [6, 6.07) is 1.83. The van der Waals surface area contributed by atoms with Gasteiger partial charge in [0.2, 0.25) is 11.9 Å². The van der Waals surface area contributed by atoms with E-state index < -0.39 is 0 Å². The third-order valence-electron chi connectivity index (χ3n) is 5.40. The second kappa shape index (κ2) is 7.03. The van der Waals surface area contributed by atoms with Gasteiger partial charge in [0, 0.05) is 50.9 Å². The van der Waals surface area contributed by atoms with Gasteiger partial charge >= 0.3 is 0 Å². The van der Waals surface area contributed by atoms with E-state index in [2.05, 4.69) is 14.9 Å². The quantitative estimate of drug-likeness (QED) is 0.799. The van der Waals surface area contributed by atoms with E-state index in [-0.39, 0.29) is 11.8 Å². The largest absolute Gasteiger partial charge is 0.381 e. The van der Waals surface area contributed by atoms with Gasteiger partial charge in [0.15, 0.2) is 0 Å². The molecule has 0 N–H and O–H groups in total. The van der Waals surface area contributed by atoms with Gasteiger partial charge in [-0.1, -0.05) is 0 Å². The Morgan fingerprint density at radius 1 is 1.12 bits per heavy atom. The van der Waals surface area contributed by atoms with Crippen molar-refractivity contribution in [2.75, 3.05) is 57.5 Å². The van der Waals surface area contributed by atoms with Crippen LogP contribution >= 0.6 is 0 Å². The summed E-state index contributed by atoms with van der Waals surface area (Å²) >= 11 is 0. The molecule has 4 rings (SSSR count). The predicted octanol–water partition coefficient (Wildman–Crippen LogP) is 0.424. The molecule has 0 unspecified atom stereocenters. The molecule has 0 bridgehead atoms. The zero-order chi connectivity index (χ0) is 16.4. The fraction of sp³-hybridized carbons (Fsp3) is 0.706. The Bertz CT molecular complexity index is 564. The van der Waals surface area contributed by atoms with Gasteiger partial charge in [-0.3, -0.25) is 4.79 Å². The highest BCUT2D eigenvalue weighted by Gasteiger charge is 2.42. The van der Waals surface area contributed by atoms with Gasteiger partial charge < -0.3 is 19.3 Å². The highest BCUT2D eigenvalue weighted by Crippen LogP contribution is 2.37. The number of rotatable bonds is 3.